The number of halogens is 2. The quantitative estimate of drug-likeness (QED) is 0.619. The second-order valence-electron chi connectivity index (χ2n) is 8.56. The Hall–Kier alpha value is -3.36. The van der Waals surface area contributed by atoms with E-state index >= 15 is 0 Å². The normalized spacial score (nSPS) is 20.1. The Bertz CT molecular complexity index is 1090. The molecular formula is C24H25F2N3O4. The molecule has 0 radical (unpaired) electrons. The largest absolute Gasteiger partial charge is 0.496 e. The maximum atomic E-state index is 14.5. The molecule has 2 aliphatic carbocycles. The number of hydrogen-bond donors (Lipinski definition) is 2. The van der Waals surface area contributed by atoms with Crippen LogP contribution in [0.5, 0.6) is 5.75 Å². The highest BCUT2D eigenvalue weighted by Gasteiger charge is 2.36. The SMILES string of the molecule is COc1cc(F)ccc1-c1cc(NC(=O)[C@H]2CCC[C@@H](NC(=O)C(=O)C3CC3)C2)ncc1F. The van der Waals surface area contributed by atoms with Gasteiger partial charge in [0.1, 0.15) is 23.2 Å². The summed E-state index contributed by atoms with van der Waals surface area (Å²) < 4.78 is 33.1. The molecule has 1 aromatic carbocycles. The van der Waals surface area contributed by atoms with Gasteiger partial charge in [0.25, 0.3) is 5.91 Å². The lowest BCUT2D eigenvalue weighted by Crippen LogP contribution is -2.44. The van der Waals surface area contributed by atoms with E-state index in [9.17, 15) is 23.2 Å². The molecule has 1 heterocycles. The van der Waals surface area contributed by atoms with Crippen molar-refractivity contribution in [1.82, 2.24) is 10.3 Å². The highest BCUT2D eigenvalue weighted by atomic mass is 19.1. The second-order valence-corrected chi connectivity index (χ2v) is 8.56. The van der Waals surface area contributed by atoms with Crippen molar-refractivity contribution in [3.63, 3.8) is 0 Å². The van der Waals surface area contributed by atoms with Crippen LogP contribution >= 0.6 is 0 Å². The van der Waals surface area contributed by atoms with E-state index in [1.54, 1.807) is 0 Å². The monoisotopic (exact) mass is 457 g/mol. The van der Waals surface area contributed by atoms with Crippen LogP contribution in [-0.4, -0.2) is 35.7 Å². The lowest BCUT2D eigenvalue weighted by Gasteiger charge is -2.28. The van der Waals surface area contributed by atoms with Gasteiger partial charge in [-0.2, -0.15) is 0 Å². The highest BCUT2D eigenvalue weighted by molar-refractivity contribution is 6.37. The van der Waals surface area contributed by atoms with E-state index in [1.807, 2.05) is 0 Å². The number of rotatable bonds is 7. The number of ketones is 1. The molecule has 2 saturated carbocycles. The van der Waals surface area contributed by atoms with Crippen LogP contribution in [0.2, 0.25) is 0 Å². The number of pyridine rings is 1. The number of nitrogens with one attached hydrogen (secondary N) is 2. The van der Waals surface area contributed by atoms with Crippen molar-refractivity contribution >= 4 is 23.4 Å². The van der Waals surface area contributed by atoms with Crippen molar-refractivity contribution in [2.24, 2.45) is 11.8 Å². The minimum absolute atomic E-state index is 0.115. The van der Waals surface area contributed by atoms with Crippen molar-refractivity contribution in [2.75, 3.05) is 12.4 Å². The third-order valence-electron chi connectivity index (χ3n) is 6.11. The zero-order valence-corrected chi connectivity index (χ0v) is 18.2. The van der Waals surface area contributed by atoms with Gasteiger partial charge in [0.15, 0.2) is 0 Å². The molecule has 0 unspecified atom stereocenters. The lowest BCUT2D eigenvalue weighted by molar-refractivity contribution is -0.139. The molecule has 2 amide bonds. The summed E-state index contributed by atoms with van der Waals surface area (Å²) >= 11 is 0. The second kappa shape index (κ2) is 9.64. The van der Waals surface area contributed by atoms with Crippen LogP contribution in [0.15, 0.2) is 30.5 Å². The average Bonchev–Trinajstić information content (AvgIpc) is 3.65. The number of aromatic nitrogens is 1. The predicted molar refractivity (Wildman–Crippen MR) is 116 cm³/mol. The number of anilines is 1. The first kappa shape index (κ1) is 22.8. The van der Waals surface area contributed by atoms with E-state index in [-0.39, 0.29) is 46.7 Å². The summed E-state index contributed by atoms with van der Waals surface area (Å²) in [6.07, 6.45) is 4.99. The van der Waals surface area contributed by atoms with Gasteiger partial charge >= 0.3 is 0 Å². The lowest BCUT2D eigenvalue weighted by atomic mass is 9.85. The fourth-order valence-electron chi connectivity index (χ4n) is 4.18. The maximum Gasteiger partial charge on any atom is 0.287 e. The van der Waals surface area contributed by atoms with Gasteiger partial charge in [0, 0.05) is 35.1 Å². The summed E-state index contributed by atoms with van der Waals surface area (Å²) in [6.45, 7) is 0. The van der Waals surface area contributed by atoms with Crippen LogP contribution in [0.4, 0.5) is 14.6 Å². The molecule has 0 bridgehead atoms. The molecule has 4 rings (SSSR count). The van der Waals surface area contributed by atoms with Crippen LogP contribution in [0, 0.1) is 23.5 Å². The van der Waals surface area contributed by atoms with Crippen LogP contribution in [-0.2, 0) is 14.4 Å². The third-order valence-corrected chi connectivity index (χ3v) is 6.11. The summed E-state index contributed by atoms with van der Waals surface area (Å²) in [6, 6.07) is 4.87. The first-order valence-corrected chi connectivity index (χ1v) is 11.0. The number of Topliss-reactive ketones (excluding diaryl/α,β-unsaturated/α-hetero) is 1. The van der Waals surface area contributed by atoms with Crippen molar-refractivity contribution in [1.29, 1.82) is 0 Å². The Kier molecular flexibility index (Phi) is 6.67. The zero-order chi connectivity index (χ0) is 23.5. The Labute approximate surface area is 189 Å². The van der Waals surface area contributed by atoms with Gasteiger partial charge < -0.3 is 15.4 Å². The molecule has 2 aliphatic rings. The number of hydrogen-bond acceptors (Lipinski definition) is 5. The standard InChI is InChI=1S/C24H25F2N3O4/c1-33-20-10-15(25)7-8-17(20)18-11-21(27-12-19(18)26)29-23(31)14-3-2-4-16(9-14)28-24(32)22(30)13-5-6-13/h7-8,10-14,16H,2-6,9H2,1H3,(H,28,32)(H,27,29,31)/t14-,16+/m0/s1. The Balaban J connectivity index is 1.43. The Morgan fingerprint density at radius 1 is 1.03 bits per heavy atom. The van der Waals surface area contributed by atoms with Crippen LogP contribution in [0.3, 0.4) is 0 Å². The highest BCUT2D eigenvalue weighted by Crippen LogP contribution is 2.34. The molecule has 0 spiro atoms. The van der Waals surface area contributed by atoms with Gasteiger partial charge in [-0.1, -0.05) is 6.42 Å². The van der Waals surface area contributed by atoms with E-state index in [2.05, 4.69) is 15.6 Å². The first-order valence-electron chi connectivity index (χ1n) is 11.0. The molecule has 0 saturated heterocycles. The minimum Gasteiger partial charge on any atom is -0.496 e. The molecule has 2 N–H and O–H groups in total. The molecule has 0 aliphatic heterocycles. The average molecular weight is 457 g/mol. The van der Waals surface area contributed by atoms with Gasteiger partial charge in [0.05, 0.1) is 13.3 Å². The number of benzene rings is 1. The maximum absolute atomic E-state index is 14.5. The summed E-state index contributed by atoms with van der Waals surface area (Å²) in [5.74, 6) is -2.61. The Morgan fingerprint density at radius 2 is 1.82 bits per heavy atom. The zero-order valence-electron chi connectivity index (χ0n) is 18.2. The number of nitrogens with zero attached hydrogens (tertiary/aromatic N) is 1. The summed E-state index contributed by atoms with van der Waals surface area (Å²) in [4.78, 5) is 40.8. The van der Waals surface area contributed by atoms with Crippen molar-refractivity contribution in [3.8, 4) is 16.9 Å². The van der Waals surface area contributed by atoms with Crippen LogP contribution < -0.4 is 15.4 Å². The van der Waals surface area contributed by atoms with E-state index in [4.69, 9.17) is 4.74 Å². The molecule has 9 heteroatoms. The molecule has 174 valence electrons. The molecule has 33 heavy (non-hydrogen) atoms. The molecule has 2 aromatic rings. The molecule has 2 fully saturated rings. The number of ether oxygens (including phenoxy) is 1. The van der Waals surface area contributed by atoms with Crippen molar-refractivity contribution < 1.29 is 27.9 Å². The third kappa shape index (κ3) is 5.35. The van der Waals surface area contributed by atoms with Crippen molar-refractivity contribution in [3.05, 3.63) is 42.1 Å². The van der Waals surface area contributed by atoms with Gasteiger partial charge in [-0.25, -0.2) is 13.8 Å². The number of carbonyl (C=O) groups excluding carboxylic acids is 3. The van der Waals surface area contributed by atoms with Crippen LogP contribution in [0.1, 0.15) is 38.5 Å². The summed E-state index contributed by atoms with van der Waals surface area (Å²) in [5.41, 5.74) is 0.444. The smallest absolute Gasteiger partial charge is 0.287 e. The number of amides is 2. The minimum atomic E-state index is -0.640. The summed E-state index contributed by atoms with van der Waals surface area (Å²) in [5, 5.41) is 5.48. The van der Waals surface area contributed by atoms with E-state index in [1.165, 1.54) is 25.3 Å². The molecule has 1 aromatic heterocycles. The number of methoxy groups -OCH3 is 1. The van der Waals surface area contributed by atoms with E-state index in [0.717, 1.165) is 31.5 Å². The van der Waals surface area contributed by atoms with Gasteiger partial charge in [-0.3, -0.25) is 14.4 Å². The fourth-order valence-corrected chi connectivity index (χ4v) is 4.18. The van der Waals surface area contributed by atoms with Crippen molar-refractivity contribution in [2.45, 2.75) is 44.6 Å². The van der Waals surface area contributed by atoms with Gasteiger partial charge in [-0.05, 0) is 50.3 Å². The number of carbonyl (C=O) groups is 3. The topological polar surface area (TPSA) is 97.4 Å². The first-order chi connectivity index (χ1) is 15.9. The molecular weight excluding hydrogens is 432 g/mol. The van der Waals surface area contributed by atoms with E-state index < -0.39 is 17.5 Å². The van der Waals surface area contributed by atoms with Gasteiger partial charge in [0.2, 0.25) is 11.7 Å². The summed E-state index contributed by atoms with van der Waals surface area (Å²) in [7, 11) is 1.36. The fraction of sp³-hybridized carbons (Fsp3) is 0.417. The Morgan fingerprint density at radius 3 is 2.55 bits per heavy atom. The van der Waals surface area contributed by atoms with E-state index in [0.29, 0.717) is 24.8 Å². The van der Waals surface area contributed by atoms with Crippen LogP contribution in [0.25, 0.3) is 11.1 Å². The predicted octanol–water partition coefficient (Wildman–Crippen LogP) is 3.63. The molecule has 7 nitrogen and oxygen atoms in total. The molecule has 2 atom stereocenters. The van der Waals surface area contributed by atoms with Gasteiger partial charge in [-0.15, -0.1) is 0 Å².